The van der Waals surface area contributed by atoms with Crippen molar-refractivity contribution >= 4 is 68.1 Å². The van der Waals surface area contributed by atoms with Crippen molar-refractivity contribution in [3.8, 4) is 5.69 Å². The molecule has 1 amide bonds. The molecule has 0 unspecified atom stereocenters. The van der Waals surface area contributed by atoms with Crippen molar-refractivity contribution in [3.63, 3.8) is 0 Å². The molecule has 9 heteroatoms. The van der Waals surface area contributed by atoms with Crippen LogP contribution >= 0.6 is 39.3 Å². The molecule has 0 aliphatic carbocycles. The van der Waals surface area contributed by atoms with Crippen molar-refractivity contribution in [1.29, 1.82) is 0 Å². The van der Waals surface area contributed by atoms with Crippen molar-refractivity contribution in [2.45, 2.75) is 27.7 Å². The molecule has 0 spiro atoms. The molecule has 1 fully saturated rings. The van der Waals surface area contributed by atoms with E-state index in [9.17, 15) is 14.7 Å². The van der Waals surface area contributed by atoms with Crippen LogP contribution < -0.4 is 5.32 Å². The number of carboxylic acids is 1. The van der Waals surface area contributed by atoms with E-state index in [0.717, 1.165) is 38.2 Å². The molecule has 4 rings (SSSR count). The summed E-state index contributed by atoms with van der Waals surface area (Å²) in [7, 11) is 0. The number of aliphatic imine (C=N–C) groups is 1. The fourth-order valence-corrected chi connectivity index (χ4v) is 5.11. The van der Waals surface area contributed by atoms with Crippen LogP contribution in [0.3, 0.4) is 0 Å². The van der Waals surface area contributed by atoms with Crippen molar-refractivity contribution < 1.29 is 14.7 Å². The maximum atomic E-state index is 12.6. The number of thioether (sulfide) groups is 1. The number of aryl methyl sites for hydroxylation is 3. The number of carbonyl (C=O) groups excluding carboxylic acids is 1. The van der Waals surface area contributed by atoms with E-state index in [2.05, 4.69) is 26.2 Å². The fraction of sp³-hybridized carbons (Fsp3) is 0.160. The van der Waals surface area contributed by atoms with Gasteiger partial charge in [0.05, 0.1) is 26.9 Å². The number of hydrogen-bond acceptors (Lipinski definition) is 4. The highest BCUT2D eigenvalue weighted by atomic mass is 79.9. The highest BCUT2D eigenvalue weighted by molar-refractivity contribution is 9.10. The minimum Gasteiger partial charge on any atom is -0.478 e. The number of amidine groups is 1. The van der Waals surface area contributed by atoms with Crippen molar-refractivity contribution in [2.24, 2.45) is 4.99 Å². The van der Waals surface area contributed by atoms with Gasteiger partial charge in [0, 0.05) is 15.9 Å². The van der Waals surface area contributed by atoms with Crippen LogP contribution in [0.5, 0.6) is 0 Å². The molecule has 1 aliphatic rings. The van der Waals surface area contributed by atoms with Crippen LogP contribution in [0.1, 0.15) is 38.4 Å². The number of nitrogens with one attached hydrogen (secondary N) is 1. The van der Waals surface area contributed by atoms with Crippen LogP contribution in [0.4, 0.5) is 5.69 Å². The van der Waals surface area contributed by atoms with Crippen LogP contribution in [0.25, 0.3) is 11.8 Å². The first-order chi connectivity index (χ1) is 16.0. The van der Waals surface area contributed by atoms with Crippen LogP contribution in [0.2, 0.25) is 5.02 Å². The Labute approximate surface area is 214 Å². The number of carbonyl (C=O) groups is 2. The second-order valence-electron chi connectivity index (χ2n) is 8.01. The van der Waals surface area contributed by atoms with Crippen LogP contribution in [-0.2, 0) is 4.79 Å². The quantitative estimate of drug-likeness (QED) is 0.348. The minimum absolute atomic E-state index is 0.150. The first kappa shape index (κ1) is 24.3. The zero-order valence-corrected chi connectivity index (χ0v) is 22.0. The maximum absolute atomic E-state index is 12.6. The van der Waals surface area contributed by atoms with Gasteiger partial charge in [-0.1, -0.05) is 27.5 Å². The molecule has 0 saturated carbocycles. The van der Waals surface area contributed by atoms with Gasteiger partial charge in [0.15, 0.2) is 5.17 Å². The Morgan fingerprint density at radius 3 is 2.47 bits per heavy atom. The molecule has 1 aromatic heterocycles. The first-order valence-corrected chi connectivity index (χ1v) is 12.3. The summed E-state index contributed by atoms with van der Waals surface area (Å²) in [5.74, 6) is -1.24. The number of nitrogens with zero attached hydrogens (tertiary/aromatic N) is 2. The third kappa shape index (κ3) is 4.71. The number of aromatic carboxylic acids is 1. The molecule has 174 valence electrons. The molecular weight excluding hydrogens is 538 g/mol. The number of benzene rings is 2. The lowest BCUT2D eigenvalue weighted by Crippen LogP contribution is -2.19. The number of amides is 1. The monoisotopic (exact) mass is 557 g/mol. The van der Waals surface area contributed by atoms with E-state index < -0.39 is 5.97 Å². The van der Waals surface area contributed by atoms with Crippen molar-refractivity contribution in [1.82, 2.24) is 9.88 Å². The van der Waals surface area contributed by atoms with E-state index in [0.29, 0.717) is 20.8 Å². The Bertz CT molecular complexity index is 1400. The van der Waals surface area contributed by atoms with Gasteiger partial charge >= 0.3 is 5.97 Å². The van der Waals surface area contributed by atoms with Crippen LogP contribution in [-0.4, -0.2) is 26.7 Å². The topological polar surface area (TPSA) is 83.7 Å². The Hall–Kier alpha value is -2.81. The van der Waals surface area contributed by atoms with Gasteiger partial charge in [-0.15, -0.1) is 0 Å². The van der Waals surface area contributed by atoms with Gasteiger partial charge < -0.3 is 15.0 Å². The molecule has 2 aromatic carbocycles. The third-order valence-corrected chi connectivity index (χ3v) is 7.97. The van der Waals surface area contributed by atoms with E-state index in [4.69, 9.17) is 11.6 Å². The smallest absolute Gasteiger partial charge is 0.335 e. The van der Waals surface area contributed by atoms with E-state index in [1.54, 1.807) is 12.1 Å². The first-order valence-electron chi connectivity index (χ1n) is 10.3. The molecule has 0 radical (unpaired) electrons. The number of carboxylic acid groups (broad SMARTS) is 1. The average molecular weight is 559 g/mol. The summed E-state index contributed by atoms with van der Waals surface area (Å²) in [5, 5.41) is 13.1. The lowest BCUT2D eigenvalue weighted by atomic mass is 10.1. The molecule has 3 aromatic rings. The summed E-state index contributed by atoms with van der Waals surface area (Å²) in [5.41, 5.74) is 6.19. The summed E-state index contributed by atoms with van der Waals surface area (Å²) < 4.78 is 2.94. The van der Waals surface area contributed by atoms with E-state index >= 15 is 0 Å². The third-order valence-electron chi connectivity index (χ3n) is 5.49. The molecule has 0 atom stereocenters. The fourth-order valence-electron chi connectivity index (χ4n) is 3.85. The predicted molar refractivity (Wildman–Crippen MR) is 142 cm³/mol. The van der Waals surface area contributed by atoms with Gasteiger partial charge in [-0.3, -0.25) is 4.79 Å². The zero-order chi connectivity index (χ0) is 24.7. The molecule has 1 aliphatic heterocycles. The van der Waals surface area contributed by atoms with Gasteiger partial charge in [-0.2, -0.15) is 0 Å². The summed E-state index contributed by atoms with van der Waals surface area (Å²) in [6, 6.07) is 10.5. The molecular formula is C25H21BrClN3O3S. The number of aromatic nitrogens is 1. The second-order valence-corrected chi connectivity index (χ2v) is 10.2. The molecule has 0 bridgehead atoms. The Kier molecular flexibility index (Phi) is 6.75. The number of rotatable bonds is 4. The van der Waals surface area contributed by atoms with Gasteiger partial charge in [-0.05, 0) is 98.6 Å². The van der Waals surface area contributed by atoms with Crippen LogP contribution in [0.15, 0.2) is 50.8 Å². The highest BCUT2D eigenvalue weighted by Gasteiger charge is 2.25. The second kappa shape index (κ2) is 9.44. The lowest BCUT2D eigenvalue weighted by Gasteiger charge is -2.12. The predicted octanol–water partition coefficient (Wildman–Crippen LogP) is 6.72. The van der Waals surface area contributed by atoms with Gasteiger partial charge in [0.1, 0.15) is 0 Å². The van der Waals surface area contributed by atoms with Gasteiger partial charge in [0.25, 0.3) is 5.91 Å². The van der Waals surface area contributed by atoms with Gasteiger partial charge in [-0.25, -0.2) is 9.79 Å². The highest BCUT2D eigenvalue weighted by Crippen LogP contribution is 2.33. The SMILES string of the molecule is Cc1cc(N=C2NC(=O)/C(=C/c3cc(C)n(-c4cc(C(=O)O)ccc4Cl)c3C)S2)cc(C)c1Br. The molecule has 34 heavy (non-hydrogen) atoms. The largest absolute Gasteiger partial charge is 0.478 e. The summed E-state index contributed by atoms with van der Waals surface area (Å²) in [6.45, 7) is 7.82. The summed E-state index contributed by atoms with van der Waals surface area (Å²) >= 11 is 11.2. The summed E-state index contributed by atoms with van der Waals surface area (Å²) in [6.07, 6.45) is 1.81. The zero-order valence-electron chi connectivity index (χ0n) is 18.9. The van der Waals surface area contributed by atoms with Crippen molar-refractivity contribution in [2.75, 3.05) is 0 Å². The van der Waals surface area contributed by atoms with Crippen molar-refractivity contribution in [3.05, 3.63) is 84.4 Å². The molecule has 6 nitrogen and oxygen atoms in total. The lowest BCUT2D eigenvalue weighted by molar-refractivity contribution is -0.115. The average Bonchev–Trinajstić information content (AvgIpc) is 3.24. The molecule has 1 saturated heterocycles. The summed E-state index contributed by atoms with van der Waals surface area (Å²) in [4.78, 5) is 29.2. The van der Waals surface area contributed by atoms with E-state index in [1.807, 2.05) is 56.5 Å². The minimum atomic E-state index is -1.02. The Morgan fingerprint density at radius 2 is 1.82 bits per heavy atom. The molecule has 2 heterocycles. The Balaban J connectivity index is 1.68. The molecule has 2 N–H and O–H groups in total. The normalized spacial score (nSPS) is 15.9. The Morgan fingerprint density at radius 1 is 1.15 bits per heavy atom. The van der Waals surface area contributed by atoms with Gasteiger partial charge in [0.2, 0.25) is 0 Å². The standard InChI is InChI=1S/C25H21BrClN3O3S/c1-12-7-18(8-13(2)22(12)26)28-25-29-23(31)21(34-25)11-17-9-14(3)30(15(17)4)20-10-16(24(32)33)5-6-19(20)27/h5-11H,1-4H3,(H,32,33)(H,28,29,31)/b21-11-. The number of halogens is 2. The van der Waals surface area contributed by atoms with E-state index in [-0.39, 0.29) is 11.5 Å². The maximum Gasteiger partial charge on any atom is 0.335 e. The number of hydrogen-bond donors (Lipinski definition) is 2. The van der Waals surface area contributed by atoms with E-state index in [1.165, 1.54) is 17.8 Å². The van der Waals surface area contributed by atoms with Crippen LogP contribution in [0, 0.1) is 27.7 Å².